The number of rotatable bonds is 2. The molecule has 0 spiro atoms. The van der Waals surface area contributed by atoms with Crippen molar-refractivity contribution in [1.29, 1.82) is 5.26 Å². The average Bonchev–Trinajstić information content (AvgIpc) is 2.35. The molecule has 4 heteroatoms. The fourth-order valence-electron chi connectivity index (χ4n) is 1.52. The lowest BCUT2D eigenvalue weighted by molar-refractivity contribution is 0.439. The Morgan fingerprint density at radius 1 is 1.17 bits per heavy atom. The number of nitriles is 1. The first-order chi connectivity index (χ1) is 8.63. The molecule has 0 aliphatic carbocycles. The monoisotopic (exact) mass is 261 g/mol. The van der Waals surface area contributed by atoms with Crippen LogP contribution >= 0.6 is 11.6 Å². The van der Waals surface area contributed by atoms with Crippen molar-refractivity contribution < 1.29 is 9.13 Å². The molecular formula is C14H9ClFNO. The molecule has 0 atom stereocenters. The molecule has 18 heavy (non-hydrogen) atoms. The predicted molar refractivity (Wildman–Crippen MR) is 67.4 cm³/mol. The Morgan fingerprint density at radius 2 is 1.83 bits per heavy atom. The lowest BCUT2D eigenvalue weighted by atomic mass is 10.2. The van der Waals surface area contributed by atoms with Crippen LogP contribution in [-0.2, 0) is 0 Å². The summed E-state index contributed by atoms with van der Waals surface area (Å²) in [6, 6.07) is 11.6. The number of ether oxygens (including phenoxy) is 1. The van der Waals surface area contributed by atoms with Crippen LogP contribution in [0.1, 0.15) is 11.1 Å². The minimum absolute atomic E-state index is 0.0776. The number of benzene rings is 2. The molecular weight excluding hydrogens is 253 g/mol. The van der Waals surface area contributed by atoms with Gasteiger partial charge in [-0.2, -0.15) is 5.26 Å². The van der Waals surface area contributed by atoms with E-state index in [2.05, 4.69) is 0 Å². The van der Waals surface area contributed by atoms with E-state index in [0.717, 1.165) is 0 Å². The zero-order chi connectivity index (χ0) is 13.1. The second-order valence-corrected chi connectivity index (χ2v) is 4.12. The third-order valence-corrected chi connectivity index (χ3v) is 2.78. The number of aryl methyl sites for hydroxylation is 1. The molecule has 2 rings (SSSR count). The Balaban J connectivity index is 2.44. The summed E-state index contributed by atoms with van der Waals surface area (Å²) in [7, 11) is 0. The highest BCUT2D eigenvalue weighted by Crippen LogP contribution is 2.31. The van der Waals surface area contributed by atoms with Gasteiger partial charge in [-0.25, -0.2) is 4.39 Å². The lowest BCUT2D eigenvalue weighted by Gasteiger charge is -2.09. The van der Waals surface area contributed by atoms with Gasteiger partial charge in [0.15, 0.2) is 11.6 Å². The number of halogens is 2. The van der Waals surface area contributed by atoms with Gasteiger partial charge in [0.2, 0.25) is 0 Å². The third-order valence-electron chi connectivity index (χ3n) is 2.46. The van der Waals surface area contributed by atoms with Crippen LogP contribution in [0.5, 0.6) is 11.5 Å². The summed E-state index contributed by atoms with van der Waals surface area (Å²) >= 11 is 5.87. The number of hydrogen-bond donors (Lipinski definition) is 0. The van der Waals surface area contributed by atoms with Crippen LogP contribution in [-0.4, -0.2) is 0 Å². The first-order valence-electron chi connectivity index (χ1n) is 5.25. The van der Waals surface area contributed by atoms with Gasteiger partial charge in [-0.3, -0.25) is 0 Å². The van der Waals surface area contributed by atoms with Crippen molar-refractivity contribution in [3.8, 4) is 17.6 Å². The first-order valence-corrected chi connectivity index (χ1v) is 5.63. The molecule has 0 fully saturated rings. The predicted octanol–water partition coefficient (Wildman–Crippen LogP) is 4.45. The van der Waals surface area contributed by atoms with Gasteiger partial charge in [-0.05, 0) is 30.7 Å². The molecule has 2 aromatic carbocycles. The van der Waals surface area contributed by atoms with Crippen LogP contribution in [0.2, 0.25) is 5.02 Å². The van der Waals surface area contributed by atoms with Crippen LogP contribution in [0.25, 0.3) is 0 Å². The molecule has 0 bridgehead atoms. The maximum Gasteiger partial charge on any atom is 0.168 e. The zero-order valence-corrected chi connectivity index (χ0v) is 10.3. The van der Waals surface area contributed by atoms with Gasteiger partial charge in [0.25, 0.3) is 0 Å². The molecule has 0 aromatic heterocycles. The van der Waals surface area contributed by atoms with Crippen molar-refractivity contribution >= 4 is 11.6 Å². The van der Waals surface area contributed by atoms with E-state index in [-0.39, 0.29) is 22.1 Å². The zero-order valence-electron chi connectivity index (χ0n) is 9.58. The minimum atomic E-state index is -0.443. The van der Waals surface area contributed by atoms with Crippen LogP contribution in [0.15, 0.2) is 36.4 Å². The molecule has 0 radical (unpaired) electrons. The summed E-state index contributed by atoms with van der Waals surface area (Å²) in [5, 5.41) is 9.27. The van der Waals surface area contributed by atoms with Crippen molar-refractivity contribution in [3.63, 3.8) is 0 Å². The van der Waals surface area contributed by atoms with Crippen molar-refractivity contribution in [3.05, 3.63) is 58.4 Å². The molecule has 0 unspecified atom stereocenters. The van der Waals surface area contributed by atoms with Crippen LogP contribution in [0, 0.1) is 24.1 Å². The van der Waals surface area contributed by atoms with E-state index in [1.54, 1.807) is 37.3 Å². The highest BCUT2D eigenvalue weighted by Gasteiger charge is 2.12. The smallest absolute Gasteiger partial charge is 0.168 e. The largest absolute Gasteiger partial charge is 0.453 e. The molecule has 0 N–H and O–H groups in total. The average molecular weight is 262 g/mol. The third kappa shape index (κ3) is 2.29. The van der Waals surface area contributed by atoms with Crippen LogP contribution < -0.4 is 4.74 Å². The molecule has 0 aliphatic heterocycles. The molecule has 0 heterocycles. The maximum absolute atomic E-state index is 13.8. The Labute approximate surface area is 109 Å². The van der Waals surface area contributed by atoms with Crippen molar-refractivity contribution in [2.45, 2.75) is 6.92 Å². The Bertz CT molecular complexity index is 634. The van der Waals surface area contributed by atoms with E-state index in [9.17, 15) is 4.39 Å². The van der Waals surface area contributed by atoms with Crippen LogP contribution in [0.4, 0.5) is 4.39 Å². The normalized spacial score (nSPS) is 9.89. The van der Waals surface area contributed by atoms with Crippen molar-refractivity contribution in [1.82, 2.24) is 0 Å². The Hall–Kier alpha value is -2.05. The summed E-state index contributed by atoms with van der Waals surface area (Å²) < 4.78 is 19.2. The van der Waals surface area contributed by atoms with E-state index in [4.69, 9.17) is 21.6 Å². The SMILES string of the molecule is Cc1cccc(Oc2cccc(Cl)c2C#N)c1F. The van der Waals surface area contributed by atoms with Crippen LogP contribution in [0.3, 0.4) is 0 Å². The molecule has 0 saturated heterocycles. The fraction of sp³-hybridized carbons (Fsp3) is 0.0714. The molecule has 2 aromatic rings. The molecule has 0 aliphatic rings. The van der Waals surface area contributed by atoms with Gasteiger partial charge in [0.05, 0.1) is 5.02 Å². The van der Waals surface area contributed by atoms with Gasteiger partial charge < -0.3 is 4.74 Å². The van der Waals surface area contributed by atoms with E-state index in [0.29, 0.717) is 5.56 Å². The Kier molecular flexibility index (Phi) is 3.50. The van der Waals surface area contributed by atoms with Gasteiger partial charge in [0.1, 0.15) is 17.4 Å². The summed E-state index contributed by atoms with van der Waals surface area (Å²) in [6.07, 6.45) is 0. The Morgan fingerprint density at radius 3 is 2.56 bits per heavy atom. The molecule has 2 nitrogen and oxygen atoms in total. The summed E-state index contributed by atoms with van der Waals surface area (Å²) in [4.78, 5) is 0. The van der Waals surface area contributed by atoms with E-state index >= 15 is 0 Å². The quantitative estimate of drug-likeness (QED) is 0.800. The molecule has 0 amide bonds. The first kappa shape index (κ1) is 12.4. The number of hydrogen-bond acceptors (Lipinski definition) is 2. The van der Waals surface area contributed by atoms with Gasteiger partial charge in [-0.15, -0.1) is 0 Å². The summed E-state index contributed by atoms with van der Waals surface area (Å²) in [6.45, 7) is 1.64. The summed E-state index contributed by atoms with van der Waals surface area (Å²) in [5.41, 5.74) is 0.674. The summed E-state index contributed by atoms with van der Waals surface area (Å²) in [5.74, 6) is -0.121. The lowest BCUT2D eigenvalue weighted by Crippen LogP contribution is -1.93. The fourth-order valence-corrected chi connectivity index (χ4v) is 1.72. The van der Waals surface area contributed by atoms with E-state index < -0.39 is 5.82 Å². The second kappa shape index (κ2) is 5.07. The highest BCUT2D eigenvalue weighted by atomic mass is 35.5. The van der Waals surface area contributed by atoms with Gasteiger partial charge >= 0.3 is 0 Å². The van der Waals surface area contributed by atoms with Gasteiger partial charge in [0, 0.05) is 0 Å². The van der Waals surface area contributed by atoms with Crippen molar-refractivity contribution in [2.75, 3.05) is 0 Å². The van der Waals surface area contributed by atoms with Crippen molar-refractivity contribution in [2.24, 2.45) is 0 Å². The maximum atomic E-state index is 13.8. The second-order valence-electron chi connectivity index (χ2n) is 3.71. The van der Waals surface area contributed by atoms with Gasteiger partial charge in [-0.1, -0.05) is 29.8 Å². The minimum Gasteiger partial charge on any atom is -0.453 e. The molecule has 90 valence electrons. The standard InChI is InChI=1S/C14H9ClFNO/c1-9-4-2-7-13(14(9)16)18-12-6-3-5-11(15)10(12)8-17/h2-7H,1H3. The van der Waals surface area contributed by atoms with E-state index in [1.165, 1.54) is 6.07 Å². The number of nitrogens with zero attached hydrogens (tertiary/aromatic N) is 1. The van der Waals surface area contributed by atoms with E-state index in [1.807, 2.05) is 6.07 Å². The molecule has 0 saturated carbocycles. The topological polar surface area (TPSA) is 33.0 Å². The highest BCUT2D eigenvalue weighted by molar-refractivity contribution is 6.31.